The number of hydrogen-bond donors (Lipinski definition) is 1. The molecular weight excluding hydrogens is 214 g/mol. The molecule has 0 heterocycles. The van der Waals surface area contributed by atoms with Crippen LogP contribution in [-0.2, 0) is 11.3 Å². The van der Waals surface area contributed by atoms with Gasteiger partial charge in [-0.15, -0.1) is 0 Å². The molecule has 3 heteroatoms. The summed E-state index contributed by atoms with van der Waals surface area (Å²) in [4.78, 5) is 12.6. The number of rotatable bonds is 6. The summed E-state index contributed by atoms with van der Waals surface area (Å²) in [6.45, 7) is 5.92. The van der Waals surface area contributed by atoms with Gasteiger partial charge in [0.1, 0.15) is 0 Å². The maximum Gasteiger partial charge on any atom is 0.303 e. The topological polar surface area (TPSA) is 40.5 Å². The Hall–Kier alpha value is -1.35. The molecule has 0 amide bonds. The Morgan fingerprint density at radius 2 is 2.00 bits per heavy atom. The molecule has 0 fully saturated rings. The van der Waals surface area contributed by atoms with Crippen molar-refractivity contribution in [2.45, 2.75) is 33.2 Å². The van der Waals surface area contributed by atoms with Crippen molar-refractivity contribution in [1.29, 1.82) is 0 Å². The highest BCUT2D eigenvalue weighted by molar-refractivity contribution is 5.66. The third-order valence-corrected chi connectivity index (χ3v) is 2.95. The number of carbonyl (C=O) groups is 1. The van der Waals surface area contributed by atoms with E-state index in [4.69, 9.17) is 5.11 Å². The average Bonchev–Trinajstić information content (AvgIpc) is 2.23. The summed E-state index contributed by atoms with van der Waals surface area (Å²) in [5.74, 6) is -0.718. The second kappa shape index (κ2) is 6.40. The second-order valence-electron chi connectivity index (χ2n) is 4.65. The van der Waals surface area contributed by atoms with Crippen molar-refractivity contribution >= 4 is 5.97 Å². The van der Waals surface area contributed by atoms with Crippen molar-refractivity contribution in [1.82, 2.24) is 4.90 Å². The fraction of sp³-hybridized carbons (Fsp3) is 0.500. The van der Waals surface area contributed by atoms with Gasteiger partial charge in [0.15, 0.2) is 0 Å². The number of carboxylic acid groups (broad SMARTS) is 1. The predicted molar refractivity (Wildman–Crippen MR) is 69.1 cm³/mol. The van der Waals surface area contributed by atoms with Crippen LogP contribution in [0.1, 0.15) is 29.5 Å². The Balaban J connectivity index is 2.42. The first-order valence-electron chi connectivity index (χ1n) is 5.95. The molecule has 17 heavy (non-hydrogen) atoms. The quantitative estimate of drug-likeness (QED) is 0.824. The number of hydrogen-bond acceptors (Lipinski definition) is 2. The van der Waals surface area contributed by atoms with E-state index in [2.05, 4.69) is 36.9 Å². The summed E-state index contributed by atoms with van der Waals surface area (Å²) < 4.78 is 0. The zero-order chi connectivity index (χ0) is 12.8. The molecule has 94 valence electrons. The molecule has 0 aliphatic carbocycles. The van der Waals surface area contributed by atoms with E-state index in [9.17, 15) is 4.79 Å². The van der Waals surface area contributed by atoms with Crippen LogP contribution in [0.25, 0.3) is 0 Å². The highest BCUT2D eigenvalue weighted by Gasteiger charge is 2.03. The highest BCUT2D eigenvalue weighted by atomic mass is 16.4. The normalized spacial score (nSPS) is 10.8. The van der Waals surface area contributed by atoms with Crippen LogP contribution in [0.4, 0.5) is 0 Å². The third kappa shape index (κ3) is 5.00. The van der Waals surface area contributed by atoms with E-state index in [1.165, 1.54) is 16.7 Å². The molecule has 0 aliphatic rings. The number of aliphatic carboxylic acids is 1. The minimum Gasteiger partial charge on any atom is -0.481 e. The molecule has 0 radical (unpaired) electrons. The van der Waals surface area contributed by atoms with Crippen molar-refractivity contribution in [2.24, 2.45) is 0 Å². The van der Waals surface area contributed by atoms with E-state index in [1.54, 1.807) is 0 Å². The maximum absolute atomic E-state index is 10.4. The van der Waals surface area contributed by atoms with Crippen molar-refractivity contribution < 1.29 is 9.90 Å². The Bertz CT molecular complexity index is 388. The Morgan fingerprint density at radius 1 is 1.29 bits per heavy atom. The van der Waals surface area contributed by atoms with Gasteiger partial charge >= 0.3 is 5.97 Å². The van der Waals surface area contributed by atoms with Gasteiger partial charge in [0.25, 0.3) is 0 Å². The molecule has 0 unspecified atom stereocenters. The number of benzene rings is 1. The molecule has 0 saturated carbocycles. The van der Waals surface area contributed by atoms with E-state index in [-0.39, 0.29) is 6.42 Å². The van der Waals surface area contributed by atoms with Crippen LogP contribution in [0.15, 0.2) is 18.2 Å². The molecule has 1 aromatic rings. The predicted octanol–water partition coefficient (Wildman–Crippen LogP) is 2.60. The summed E-state index contributed by atoms with van der Waals surface area (Å²) in [6.07, 6.45) is 0.952. The van der Waals surface area contributed by atoms with Gasteiger partial charge in [-0.3, -0.25) is 4.79 Å². The first-order chi connectivity index (χ1) is 7.99. The molecule has 0 saturated heterocycles. The summed E-state index contributed by atoms with van der Waals surface area (Å²) in [6, 6.07) is 6.47. The van der Waals surface area contributed by atoms with Crippen LogP contribution in [-0.4, -0.2) is 29.6 Å². The van der Waals surface area contributed by atoms with Crippen molar-refractivity contribution in [2.75, 3.05) is 13.6 Å². The number of nitrogens with zero attached hydrogens (tertiary/aromatic N) is 1. The van der Waals surface area contributed by atoms with Crippen molar-refractivity contribution in [3.05, 3.63) is 34.9 Å². The highest BCUT2D eigenvalue weighted by Crippen LogP contribution is 2.11. The monoisotopic (exact) mass is 235 g/mol. The van der Waals surface area contributed by atoms with Gasteiger partial charge in [-0.1, -0.05) is 18.2 Å². The van der Waals surface area contributed by atoms with E-state index in [0.717, 1.165) is 13.1 Å². The van der Waals surface area contributed by atoms with Gasteiger partial charge in [-0.05, 0) is 50.6 Å². The standard InChI is InChI=1S/C14H21NO2/c1-11-6-7-13(9-12(11)2)10-15(3)8-4-5-14(16)17/h6-7,9H,4-5,8,10H2,1-3H3,(H,16,17). The molecule has 0 spiro atoms. The lowest BCUT2D eigenvalue weighted by atomic mass is 10.1. The lowest BCUT2D eigenvalue weighted by Gasteiger charge is -2.16. The fourth-order valence-electron chi connectivity index (χ4n) is 1.79. The van der Waals surface area contributed by atoms with Gasteiger partial charge in [0, 0.05) is 13.0 Å². The first-order valence-corrected chi connectivity index (χ1v) is 5.95. The molecule has 3 nitrogen and oxygen atoms in total. The first kappa shape index (κ1) is 13.7. The minimum absolute atomic E-state index is 0.247. The van der Waals surface area contributed by atoms with Gasteiger partial charge in [-0.2, -0.15) is 0 Å². The van der Waals surface area contributed by atoms with E-state index in [0.29, 0.717) is 6.42 Å². The minimum atomic E-state index is -0.718. The Labute approximate surface area is 103 Å². The van der Waals surface area contributed by atoms with Gasteiger partial charge in [0.2, 0.25) is 0 Å². The Kier molecular flexibility index (Phi) is 5.16. The SMILES string of the molecule is Cc1ccc(CN(C)CCCC(=O)O)cc1C. The van der Waals surface area contributed by atoms with Crippen LogP contribution < -0.4 is 0 Å². The van der Waals surface area contributed by atoms with Crippen LogP contribution in [0, 0.1) is 13.8 Å². The lowest BCUT2D eigenvalue weighted by molar-refractivity contribution is -0.137. The van der Waals surface area contributed by atoms with Crippen LogP contribution in [0.2, 0.25) is 0 Å². The Morgan fingerprint density at radius 3 is 2.59 bits per heavy atom. The maximum atomic E-state index is 10.4. The molecule has 1 aromatic carbocycles. The number of aryl methyl sites for hydroxylation is 2. The molecule has 0 bridgehead atoms. The molecule has 0 aromatic heterocycles. The molecular formula is C14H21NO2. The van der Waals surface area contributed by atoms with Gasteiger partial charge in [0.05, 0.1) is 0 Å². The van der Waals surface area contributed by atoms with Crippen LogP contribution in [0.3, 0.4) is 0 Å². The van der Waals surface area contributed by atoms with Crippen molar-refractivity contribution in [3.8, 4) is 0 Å². The van der Waals surface area contributed by atoms with Crippen LogP contribution >= 0.6 is 0 Å². The number of carboxylic acids is 1. The summed E-state index contributed by atoms with van der Waals surface area (Å²) in [5, 5.41) is 8.56. The summed E-state index contributed by atoms with van der Waals surface area (Å²) in [5.41, 5.74) is 3.90. The van der Waals surface area contributed by atoms with Gasteiger partial charge in [-0.25, -0.2) is 0 Å². The van der Waals surface area contributed by atoms with Gasteiger partial charge < -0.3 is 10.0 Å². The molecule has 0 atom stereocenters. The third-order valence-electron chi connectivity index (χ3n) is 2.95. The van der Waals surface area contributed by atoms with Crippen molar-refractivity contribution in [3.63, 3.8) is 0 Å². The van der Waals surface area contributed by atoms with E-state index < -0.39 is 5.97 Å². The second-order valence-corrected chi connectivity index (χ2v) is 4.65. The van der Waals surface area contributed by atoms with E-state index >= 15 is 0 Å². The fourth-order valence-corrected chi connectivity index (χ4v) is 1.79. The molecule has 1 rings (SSSR count). The largest absolute Gasteiger partial charge is 0.481 e. The molecule has 1 N–H and O–H groups in total. The average molecular weight is 235 g/mol. The van der Waals surface area contributed by atoms with Crippen LogP contribution in [0.5, 0.6) is 0 Å². The zero-order valence-electron chi connectivity index (χ0n) is 10.9. The summed E-state index contributed by atoms with van der Waals surface area (Å²) in [7, 11) is 2.02. The smallest absolute Gasteiger partial charge is 0.303 e. The van der Waals surface area contributed by atoms with E-state index in [1.807, 2.05) is 7.05 Å². The summed E-state index contributed by atoms with van der Waals surface area (Å²) >= 11 is 0. The molecule has 0 aliphatic heterocycles. The zero-order valence-corrected chi connectivity index (χ0v) is 10.9. The lowest BCUT2D eigenvalue weighted by Crippen LogP contribution is -2.19.